The Hall–Kier alpha value is -0.770. The van der Waals surface area contributed by atoms with Gasteiger partial charge < -0.3 is 9.47 Å². The molecule has 0 aromatic carbocycles. The normalized spacial score (nSPS) is 9.75. The maximum absolute atomic E-state index is 9.78. The topological polar surface area (TPSA) is 55.4 Å². The van der Waals surface area contributed by atoms with Crippen LogP contribution in [0.15, 0.2) is 0 Å². The van der Waals surface area contributed by atoms with Gasteiger partial charge in [-0.25, -0.2) is 0 Å². The van der Waals surface area contributed by atoms with Gasteiger partial charge in [-0.15, -0.1) is 0 Å². The summed E-state index contributed by atoms with van der Waals surface area (Å²) in [6.07, 6.45) is 2.35. The number of hydrogen-bond donors (Lipinski definition) is 0. The van der Waals surface area contributed by atoms with E-state index in [2.05, 4.69) is 4.74 Å². The van der Waals surface area contributed by atoms with Gasteiger partial charge in [0.2, 0.25) is 0 Å². The lowest BCUT2D eigenvalue weighted by molar-refractivity contribution is 0.0662. The Kier molecular flexibility index (Phi) is 7.79. The first kappa shape index (κ1) is 11.2. The molecule has 71 valence electrons. The predicted molar refractivity (Wildman–Crippen MR) is 42.4 cm³/mol. The predicted octanol–water partition coefficient (Wildman–Crippen LogP) is 1.76. The van der Waals surface area contributed by atoms with Crippen molar-refractivity contribution < 1.29 is 19.4 Å². The Morgan fingerprint density at radius 2 is 1.67 bits per heavy atom. The van der Waals surface area contributed by atoms with E-state index in [1.807, 2.05) is 0 Å². The largest absolute Gasteiger partial charge is 0.549 e. The monoisotopic (exact) mass is 175 g/mol. The van der Waals surface area contributed by atoms with Gasteiger partial charge in [-0.3, -0.25) is 0 Å². The van der Waals surface area contributed by atoms with E-state index in [-0.39, 0.29) is 6.61 Å². The van der Waals surface area contributed by atoms with Crippen molar-refractivity contribution in [2.24, 2.45) is 0 Å². The van der Waals surface area contributed by atoms with E-state index in [1.165, 1.54) is 0 Å². The van der Waals surface area contributed by atoms with Gasteiger partial charge in [0, 0.05) is 13.7 Å². The zero-order valence-corrected chi connectivity index (χ0v) is 7.38. The van der Waals surface area contributed by atoms with Gasteiger partial charge >= 0.3 is 6.16 Å². The average Bonchev–Trinajstić information content (AvgIpc) is 2.02. The average molecular weight is 175 g/mol. The van der Waals surface area contributed by atoms with E-state index < -0.39 is 6.16 Å². The molecule has 0 bridgehead atoms. The van der Waals surface area contributed by atoms with Crippen molar-refractivity contribution in [1.82, 2.24) is 0 Å². The lowest BCUT2D eigenvalue weighted by Gasteiger charge is -1.99. The Balaban J connectivity index is 2.86. The smallest absolute Gasteiger partial charge is 0.432 e. The third kappa shape index (κ3) is 9.23. The second-order valence-electron chi connectivity index (χ2n) is 2.51. The number of carbonyl (C=O) groups excluding carboxylic acids is 1. The van der Waals surface area contributed by atoms with Gasteiger partial charge in [0.05, 0.1) is 6.61 Å². The molecule has 4 heteroatoms. The molecule has 0 rings (SSSR count). The van der Waals surface area contributed by atoms with Crippen LogP contribution in [0.4, 0.5) is 4.79 Å². The lowest BCUT2D eigenvalue weighted by Crippen LogP contribution is -2.00. The molecule has 0 fully saturated rings. The number of hydrogen-bond acceptors (Lipinski definition) is 3. The fraction of sp³-hybridized carbons (Fsp3) is 0.875. The van der Waals surface area contributed by atoms with Crippen LogP contribution in [-0.2, 0) is 14.6 Å². The fourth-order valence-corrected chi connectivity index (χ4v) is 0.858. The summed E-state index contributed by atoms with van der Waals surface area (Å²) in [5, 5.41) is 9.78. The third-order valence-electron chi connectivity index (χ3n) is 1.46. The molecule has 0 saturated heterocycles. The molecule has 0 atom stereocenters. The standard InChI is InChI=1S/C8H15O4/c1-11-6-4-2-3-5-7-12-8(9)10/h2-7H2,1H3. The summed E-state index contributed by atoms with van der Waals surface area (Å²) in [6.45, 7) is 1.01. The highest BCUT2D eigenvalue weighted by Crippen LogP contribution is 1.99. The number of rotatable bonds is 7. The third-order valence-corrected chi connectivity index (χ3v) is 1.46. The Morgan fingerprint density at radius 1 is 1.08 bits per heavy atom. The van der Waals surface area contributed by atoms with E-state index in [4.69, 9.17) is 4.74 Å². The van der Waals surface area contributed by atoms with E-state index in [0.717, 1.165) is 32.3 Å². The quantitative estimate of drug-likeness (QED) is 0.437. The summed E-state index contributed by atoms with van der Waals surface area (Å²) >= 11 is 0. The van der Waals surface area contributed by atoms with E-state index >= 15 is 0 Å². The summed E-state index contributed by atoms with van der Waals surface area (Å²) in [4.78, 5) is 9.78. The van der Waals surface area contributed by atoms with Crippen LogP contribution in [0.25, 0.3) is 0 Å². The molecule has 0 aromatic rings. The zero-order chi connectivity index (χ0) is 9.23. The maximum atomic E-state index is 9.78. The molecule has 0 spiro atoms. The highest BCUT2D eigenvalue weighted by Gasteiger charge is 1.97. The van der Waals surface area contributed by atoms with Gasteiger partial charge in [-0.1, -0.05) is 6.42 Å². The highest BCUT2D eigenvalue weighted by atomic mass is 16.7. The molecule has 0 heterocycles. The summed E-state index contributed by atoms with van der Waals surface area (Å²) in [5.41, 5.74) is 0. The van der Waals surface area contributed by atoms with Crippen molar-refractivity contribution in [2.75, 3.05) is 20.3 Å². The van der Waals surface area contributed by atoms with Gasteiger partial charge in [-0.2, -0.15) is 9.90 Å². The minimum atomic E-state index is -1.44. The lowest BCUT2D eigenvalue weighted by atomic mass is 10.2. The van der Waals surface area contributed by atoms with Gasteiger partial charge in [0.25, 0.3) is 0 Å². The van der Waals surface area contributed by atoms with Gasteiger partial charge in [-0.05, 0) is 19.3 Å². The second kappa shape index (κ2) is 8.33. The summed E-state index contributed by atoms with van der Waals surface area (Å²) in [6, 6.07) is 0. The van der Waals surface area contributed by atoms with Crippen molar-refractivity contribution in [1.29, 1.82) is 0 Å². The summed E-state index contributed by atoms with van der Waals surface area (Å²) < 4.78 is 9.07. The van der Waals surface area contributed by atoms with Crippen LogP contribution >= 0.6 is 0 Å². The van der Waals surface area contributed by atoms with Gasteiger partial charge in [0.15, 0.2) is 0 Å². The first-order chi connectivity index (χ1) is 5.77. The van der Waals surface area contributed by atoms with Crippen LogP contribution in [0.1, 0.15) is 25.7 Å². The van der Waals surface area contributed by atoms with Crippen molar-refractivity contribution in [2.45, 2.75) is 25.7 Å². The number of carbonyl (C=O) groups is 1. The summed E-state index contributed by atoms with van der Waals surface area (Å²) in [5.74, 6) is 0. The molecule has 0 aromatic heterocycles. The Bertz CT molecular complexity index is 114. The number of methoxy groups -OCH3 is 1. The molecule has 12 heavy (non-hydrogen) atoms. The minimum absolute atomic E-state index is 0.245. The van der Waals surface area contributed by atoms with Crippen molar-refractivity contribution in [3.05, 3.63) is 0 Å². The Labute approximate surface area is 72.5 Å². The molecule has 0 saturated carbocycles. The molecule has 4 nitrogen and oxygen atoms in total. The van der Waals surface area contributed by atoms with E-state index in [1.54, 1.807) is 7.11 Å². The second-order valence-corrected chi connectivity index (χ2v) is 2.51. The molecule has 0 N–H and O–H groups in total. The summed E-state index contributed by atoms with van der Waals surface area (Å²) in [7, 11) is 1.67. The fourth-order valence-electron chi connectivity index (χ4n) is 0.858. The molecular formula is C8H15O4. The molecule has 0 aliphatic carbocycles. The first-order valence-electron chi connectivity index (χ1n) is 4.10. The molecule has 0 aliphatic heterocycles. The van der Waals surface area contributed by atoms with Crippen LogP contribution in [0.3, 0.4) is 0 Å². The van der Waals surface area contributed by atoms with E-state index in [9.17, 15) is 9.90 Å². The van der Waals surface area contributed by atoms with Crippen molar-refractivity contribution in [3.8, 4) is 0 Å². The van der Waals surface area contributed by atoms with Gasteiger partial charge in [0.1, 0.15) is 0 Å². The Morgan fingerprint density at radius 3 is 2.17 bits per heavy atom. The van der Waals surface area contributed by atoms with Crippen LogP contribution in [0.5, 0.6) is 0 Å². The zero-order valence-electron chi connectivity index (χ0n) is 7.38. The van der Waals surface area contributed by atoms with Crippen LogP contribution in [0.2, 0.25) is 0 Å². The maximum Gasteiger partial charge on any atom is 0.549 e. The van der Waals surface area contributed by atoms with Crippen LogP contribution in [-0.4, -0.2) is 26.5 Å². The van der Waals surface area contributed by atoms with Crippen molar-refractivity contribution >= 4 is 6.16 Å². The highest BCUT2D eigenvalue weighted by molar-refractivity contribution is 5.56. The van der Waals surface area contributed by atoms with Crippen LogP contribution in [0, 0.1) is 0 Å². The minimum Gasteiger partial charge on any atom is -0.432 e. The molecule has 0 aliphatic rings. The molecule has 0 amide bonds. The van der Waals surface area contributed by atoms with Crippen LogP contribution < -0.4 is 0 Å². The molecule has 1 radical (unpaired) electrons. The molecular weight excluding hydrogens is 160 g/mol. The van der Waals surface area contributed by atoms with Crippen molar-refractivity contribution in [3.63, 3.8) is 0 Å². The first-order valence-corrected chi connectivity index (χ1v) is 4.10. The van der Waals surface area contributed by atoms with E-state index in [0.29, 0.717) is 0 Å². The SMILES string of the molecule is COCCCCCCOC([O])=O. The number of ether oxygens (including phenoxy) is 2. The number of unbranched alkanes of at least 4 members (excludes halogenated alkanes) is 3. The molecule has 0 unspecified atom stereocenters.